The molecule has 0 fully saturated rings. The molecule has 0 radical (unpaired) electrons. The van der Waals surface area contributed by atoms with Gasteiger partial charge in [-0.05, 0) is 36.4 Å². The second kappa shape index (κ2) is 9.09. The van der Waals surface area contributed by atoms with E-state index in [1.807, 2.05) is 24.3 Å². The highest BCUT2D eigenvalue weighted by Crippen LogP contribution is 2.14. The highest BCUT2D eigenvalue weighted by Gasteiger charge is 2.11. The van der Waals surface area contributed by atoms with Gasteiger partial charge in [0.2, 0.25) is 5.88 Å². The summed E-state index contributed by atoms with van der Waals surface area (Å²) in [5.41, 5.74) is 1.28. The lowest BCUT2D eigenvalue weighted by Gasteiger charge is -2.09. The van der Waals surface area contributed by atoms with Crippen LogP contribution in [0.2, 0.25) is 0 Å². The molecule has 0 unspecified atom stereocenters. The summed E-state index contributed by atoms with van der Waals surface area (Å²) in [6.45, 7) is 0.912. The summed E-state index contributed by atoms with van der Waals surface area (Å²) in [6, 6.07) is 10.7. The van der Waals surface area contributed by atoms with Gasteiger partial charge in [-0.15, -0.1) is 10.2 Å². The van der Waals surface area contributed by atoms with Crippen molar-refractivity contribution >= 4 is 23.2 Å². The number of hydrogen-bond donors (Lipinski definition) is 3. The minimum absolute atomic E-state index is 0.246. The number of aromatic nitrogens is 4. The molecule has 0 bridgehead atoms. The number of nitrogens with zero attached hydrogens (tertiary/aromatic N) is 4. The lowest BCUT2D eigenvalue weighted by Crippen LogP contribution is -2.29. The van der Waals surface area contributed by atoms with E-state index in [2.05, 4.69) is 36.1 Å². The Morgan fingerprint density at radius 3 is 2.52 bits per heavy atom. The molecule has 9 nitrogen and oxygen atoms in total. The number of rotatable bonds is 8. The van der Waals surface area contributed by atoms with Gasteiger partial charge in [-0.1, -0.05) is 0 Å². The van der Waals surface area contributed by atoms with Gasteiger partial charge < -0.3 is 20.7 Å². The van der Waals surface area contributed by atoms with Gasteiger partial charge in [-0.2, -0.15) is 0 Å². The Labute approximate surface area is 156 Å². The van der Waals surface area contributed by atoms with Crippen LogP contribution in [-0.4, -0.2) is 46.3 Å². The van der Waals surface area contributed by atoms with E-state index in [9.17, 15) is 4.79 Å². The molecule has 0 aliphatic carbocycles. The number of carbonyl (C=O) groups is 1. The average molecular weight is 365 g/mol. The zero-order chi connectivity index (χ0) is 18.9. The largest absolute Gasteiger partial charge is 0.480 e. The van der Waals surface area contributed by atoms with E-state index in [0.29, 0.717) is 36.2 Å². The second-order valence-electron chi connectivity index (χ2n) is 5.41. The van der Waals surface area contributed by atoms with Gasteiger partial charge in [0.1, 0.15) is 11.4 Å². The van der Waals surface area contributed by atoms with Crippen molar-refractivity contribution < 1.29 is 9.53 Å². The third-order valence-electron chi connectivity index (χ3n) is 3.54. The summed E-state index contributed by atoms with van der Waals surface area (Å²) < 4.78 is 5.08. The van der Waals surface area contributed by atoms with Crippen molar-refractivity contribution in [1.29, 1.82) is 0 Å². The van der Waals surface area contributed by atoms with Crippen LogP contribution in [0.3, 0.4) is 0 Å². The molecule has 3 aromatic heterocycles. The zero-order valence-electron chi connectivity index (χ0n) is 14.7. The van der Waals surface area contributed by atoms with E-state index in [1.165, 1.54) is 7.11 Å². The molecule has 0 aliphatic heterocycles. The Hall–Kier alpha value is -3.75. The van der Waals surface area contributed by atoms with Crippen molar-refractivity contribution in [2.75, 3.05) is 30.8 Å². The normalized spacial score (nSPS) is 10.1. The highest BCUT2D eigenvalue weighted by molar-refractivity contribution is 5.96. The number of hydrogen-bond acceptors (Lipinski definition) is 8. The first kappa shape index (κ1) is 18.1. The third kappa shape index (κ3) is 5.11. The summed E-state index contributed by atoms with van der Waals surface area (Å²) >= 11 is 0. The molecule has 3 aromatic rings. The minimum atomic E-state index is -0.246. The maximum Gasteiger partial charge on any atom is 0.256 e. The molecule has 0 saturated carbocycles. The molecule has 9 heteroatoms. The number of carbonyl (C=O) groups excluding carboxylic acids is 1. The third-order valence-corrected chi connectivity index (χ3v) is 3.54. The Bertz CT molecular complexity index is 872. The maximum absolute atomic E-state index is 12.2. The van der Waals surface area contributed by atoms with E-state index in [1.54, 1.807) is 30.7 Å². The summed E-state index contributed by atoms with van der Waals surface area (Å²) in [5.74, 6) is 1.29. The van der Waals surface area contributed by atoms with Crippen LogP contribution in [0.1, 0.15) is 10.4 Å². The van der Waals surface area contributed by atoms with Gasteiger partial charge in [-0.3, -0.25) is 9.78 Å². The van der Waals surface area contributed by atoms with Crippen LogP contribution >= 0.6 is 0 Å². The van der Waals surface area contributed by atoms with Crippen LogP contribution in [0.25, 0.3) is 0 Å². The lowest BCUT2D eigenvalue weighted by atomic mass is 10.2. The number of amides is 1. The summed E-state index contributed by atoms with van der Waals surface area (Å²) in [7, 11) is 1.48. The van der Waals surface area contributed by atoms with E-state index in [0.717, 1.165) is 5.69 Å². The predicted octanol–water partition coefficient (Wildman–Crippen LogP) is 1.86. The first-order valence-corrected chi connectivity index (χ1v) is 8.28. The average Bonchev–Trinajstić information content (AvgIpc) is 2.73. The first-order chi connectivity index (χ1) is 13.3. The van der Waals surface area contributed by atoms with Crippen molar-refractivity contribution in [3.63, 3.8) is 0 Å². The van der Waals surface area contributed by atoms with Crippen molar-refractivity contribution in [3.8, 4) is 5.88 Å². The Morgan fingerprint density at radius 2 is 1.78 bits per heavy atom. The summed E-state index contributed by atoms with van der Waals surface area (Å²) in [6.07, 6.45) is 4.96. The monoisotopic (exact) mass is 365 g/mol. The van der Waals surface area contributed by atoms with Gasteiger partial charge in [0.05, 0.1) is 7.11 Å². The molecule has 0 aliphatic rings. The summed E-state index contributed by atoms with van der Waals surface area (Å²) in [4.78, 5) is 20.1. The lowest BCUT2D eigenvalue weighted by molar-refractivity contribution is 0.0951. The number of nitrogens with one attached hydrogen (secondary N) is 3. The van der Waals surface area contributed by atoms with Gasteiger partial charge >= 0.3 is 0 Å². The van der Waals surface area contributed by atoms with Crippen LogP contribution < -0.4 is 20.7 Å². The fraction of sp³-hybridized carbons (Fsp3) is 0.167. The highest BCUT2D eigenvalue weighted by atomic mass is 16.5. The van der Waals surface area contributed by atoms with Gasteiger partial charge in [0.15, 0.2) is 5.82 Å². The topological polar surface area (TPSA) is 114 Å². The Balaban J connectivity index is 1.44. The molecule has 1 amide bonds. The van der Waals surface area contributed by atoms with E-state index in [4.69, 9.17) is 4.74 Å². The Kier molecular flexibility index (Phi) is 6.08. The molecule has 0 aromatic carbocycles. The van der Waals surface area contributed by atoms with Crippen molar-refractivity contribution in [3.05, 3.63) is 60.6 Å². The fourth-order valence-corrected chi connectivity index (χ4v) is 2.26. The van der Waals surface area contributed by atoms with Crippen molar-refractivity contribution in [2.45, 2.75) is 0 Å². The second-order valence-corrected chi connectivity index (χ2v) is 5.41. The molecule has 3 heterocycles. The van der Waals surface area contributed by atoms with Crippen LogP contribution in [0.15, 0.2) is 55.0 Å². The van der Waals surface area contributed by atoms with Gasteiger partial charge in [-0.25, -0.2) is 4.98 Å². The minimum Gasteiger partial charge on any atom is -0.480 e. The Morgan fingerprint density at radius 1 is 1.00 bits per heavy atom. The first-order valence-electron chi connectivity index (χ1n) is 8.28. The molecule has 3 N–H and O–H groups in total. The zero-order valence-corrected chi connectivity index (χ0v) is 14.7. The molecular formula is C18H19N7O2. The van der Waals surface area contributed by atoms with E-state index in [-0.39, 0.29) is 5.91 Å². The predicted molar refractivity (Wildman–Crippen MR) is 101 cm³/mol. The van der Waals surface area contributed by atoms with Gasteiger partial charge in [0.25, 0.3) is 5.91 Å². The number of methoxy groups -OCH3 is 1. The molecule has 0 atom stereocenters. The molecule has 138 valence electrons. The molecule has 0 spiro atoms. The SMILES string of the molecule is COc1ncccc1C(=O)NCCNc1ccc(Nc2ccncc2)nn1. The summed E-state index contributed by atoms with van der Waals surface area (Å²) in [5, 5.41) is 17.2. The fourth-order valence-electron chi connectivity index (χ4n) is 2.26. The van der Waals surface area contributed by atoms with Crippen LogP contribution in [0, 0.1) is 0 Å². The number of ether oxygens (including phenoxy) is 1. The van der Waals surface area contributed by atoms with Crippen LogP contribution in [-0.2, 0) is 0 Å². The van der Waals surface area contributed by atoms with Gasteiger partial charge in [0, 0.05) is 37.4 Å². The van der Waals surface area contributed by atoms with Crippen LogP contribution in [0.4, 0.5) is 17.3 Å². The van der Waals surface area contributed by atoms with Crippen LogP contribution in [0.5, 0.6) is 5.88 Å². The molecular weight excluding hydrogens is 346 g/mol. The molecule has 27 heavy (non-hydrogen) atoms. The smallest absolute Gasteiger partial charge is 0.256 e. The number of pyridine rings is 2. The number of anilines is 3. The maximum atomic E-state index is 12.2. The quantitative estimate of drug-likeness (QED) is 0.518. The van der Waals surface area contributed by atoms with E-state index >= 15 is 0 Å². The van der Waals surface area contributed by atoms with E-state index < -0.39 is 0 Å². The molecule has 3 rings (SSSR count). The standard InChI is InChI=1S/C18H19N7O2/c1-27-18-14(3-2-8-22-18)17(26)21-12-11-20-15-4-5-16(25-24-15)23-13-6-9-19-10-7-13/h2-10H,11-12H2,1H3,(H,20,24)(H,21,26)(H,19,23,25). The van der Waals surface area contributed by atoms with Crippen molar-refractivity contribution in [1.82, 2.24) is 25.5 Å². The molecule has 0 saturated heterocycles. The van der Waals surface area contributed by atoms with Crippen molar-refractivity contribution in [2.24, 2.45) is 0 Å².